The summed E-state index contributed by atoms with van der Waals surface area (Å²) in [5, 5.41) is 9.43. The molecule has 0 bridgehead atoms. The molecule has 1 spiro atoms. The van der Waals surface area contributed by atoms with Crippen LogP contribution < -0.4 is 0 Å². The van der Waals surface area contributed by atoms with Gasteiger partial charge in [0.05, 0.1) is 11.6 Å². The second-order valence-corrected chi connectivity index (χ2v) is 14.6. The molecule has 5 heteroatoms. The van der Waals surface area contributed by atoms with Crippen LogP contribution in [0.4, 0.5) is 0 Å². The summed E-state index contributed by atoms with van der Waals surface area (Å²) in [7, 11) is 0. The topological polar surface area (TPSA) is 70.0 Å². The molecule has 0 radical (unpaired) electrons. The molecule has 1 saturated carbocycles. The first-order chi connectivity index (χ1) is 16.4. The van der Waals surface area contributed by atoms with Crippen LogP contribution in [-0.4, -0.2) is 33.3 Å². The molecule has 2 aliphatic rings. The van der Waals surface area contributed by atoms with Crippen molar-refractivity contribution in [2.45, 2.75) is 119 Å². The minimum atomic E-state index is -0.933. The second-order valence-electron chi connectivity index (χ2n) is 14.6. The number of aromatic carboxylic acids is 1. The third-order valence-electron chi connectivity index (χ3n) is 7.99. The van der Waals surface area contributed by atoms with Crippen molar-refractivity contribution < 1.29 is 14.7 Å². The lowest BCUT2D eigenvalue weighted by molar-refractivity contribution is -0.134. The maximum Gasteiger partial charge on any atom is 0.335 e. The largest absolute Gasteiger partial charge is 0.478 e. The third kappa shape index (κ3) is 6.58. The monoisotopic (exact) mass is 496 g/mol. The summed E-state index contributed by atoms with van der Waals surface area (Å²) in [5.74, 6) is -0.247. The molecule has 1 atom stereocenters. The van der Waals surface area contributed by atoms with Gasteiger partial charge in [-0.1, -0.05) is 74.4 Å². The molecule has 36 heavy (non-hydrogen) atoms. The van der Waals surface area contributed by atoms with E-state index in [9.17, 15) is 14.7 Å². The van der Waals surface area contributed by atoms with Gasteiger partial charge in [0.2, 0.25) is 0 Å². The average Bonchev–Trinajstić information content (AvgIpc) is 2.97. The van der Waals surface area contributed by atoms with Crippen LogP contribution >= 0.6 is 0 Å². The maximum atomic E-state index is 14.2. The summed E-state index contributed by atoms with van der Waals surface area (Å²) in [4.78, 5) is 33.0. The van der Waals surface area contributed by atoms with Gasteiger partial charge in [0.1, 0.15) is 11.4 Å². The Kier molecular flexibility index (Phi) is 7.85. The van der Waals surface area contributed by atoms with Gasteiger partial charge in [-0.3, -0.25) is 9.79 Å². The Morgan fingerprint density at radius 3 is 2.00 bits per heavy atom. The number of amides is 1. The zero-order valence-corrected chi connectivity index (χ0v) is 24.1. The first-order valence-corrected chi connectivity index (χ1v) is 13.7. The van der Waals surface area contributed by atoms with Gasteiger partial charge in [-0.25, -0.2) is 4.79 Å². The average molecular weight is 497 g/mol. The van der Waals surface area contributed by atoms with E-state index >= 15 is 0 Å². The quantitative estimate of drug-likeness (QED) is 0.435. The summed E-state index contributed by atoms with van der Waals surface area (Å²) in [6.07, 6.45) is 6.33. The van der Waals surface area contributed by atoms with Crippen LogP contribution in [0.15, 0.2) is 29.3 Å². The van der Waals surface area contributed by atoms with Gasteiger partial charge in [-0.05, 0) is 84.8 Å². The standard InChI is InChI=1S/C31H48N2O3/c1-28(2,3)17-16-25(21-10-12-22(13-11-21)27(35)36)33-26(34)24(20-29(4,5)6)32-31(33)18-14-23(15-19-31)30(7,8)9/h10-13,23,25H,14-20H2,1-9H3,(H,35,36)/t23?,25-,31?/m1/s1. The van der Waals surface area contributed by atoms with Crippen molar-refractivity contribution in [2.75, 3.05) is 0 Å². The highest BCUT2D eigenvalue weighted by Crippen LogP contribution is 2.50. The van der Waals surface area contributed by atoms with Crippen LogP contribution in [-0.2, 0) is 4.79 Å². The number of hydrogen-bond acceptors (Lipinski definition) is 3. The van der Waals surface area contributed by atoms with Gasteiger partial charge in [0.25, 0.3) is 5.91 Å². The van der Waals surface area contributed by atoms with Crippen molar-refractivity contribution >= 4 is 17.6 Å². The first kappa shape index (κ1) is 28.4. The number of hydrogen-bond donors (Lipinski definition) is 1. The number of aliphatic imine (C=N–C) groups is 1. The molecule has 0 saturated heterocycles. The van der Waals surface area contributed by atoms with Gasteiger partial charge in [-0.2, -0.15) is 0 Å². The van der Waals surface area contributed by atoms with Gasteiger partial charge >= 0.3 is 5.97 Å². The molecule has 1 N–H and O–H groups in total. The Hall–Kier alpha value is -2.17. The number of benzene rings is 1. The van der Waals surface area contributed by atoms with Gasteiger partial charge < -0.3 is 10.0 Å². The molecular formula is C31H48N2O3. The van der Waals surface area contributed by atoms with Crippen molar-refractivity contribution in [3.63, 3.8) is 0 Å². The molecule has 200 valence electrons. The van der Waals surface area contributed by atoms with E-state index in [4.69, 9.17) is 4.99 Å². The van der Waals surface area contributed by atoms with Crippen LogP contribution in [0.1, 0.15) is 129 Å². The van der Waals surface area contributed by atoms with E-state index in [2.05, 4.69) is 67.2 Å². The molecule has 1 heterocycles. The lowest BCUT2D eigenvalue weighted by Crippen LogP contribution is -2.51. The molecular weight excluding hydrogens is 448 g/mol. The van der Waals surface area contributed by atoms with E-state index in [1.807, 2.05) is 12.1 Å². The molecule has 1 aliphatic carbocycles. The molecule has 1 aromatic rings. The van der Waals surface area contributed by atoms with Crippen LogP contribution in [0.3, 0.4) is 0 Å². The zero-order chi connectivity index (χ0) is 27.1. The van der Waals surface area contributed by atoms with E-state index < -0.39 is 11.6 Å². The zero-order valence-electron chi connectivity index (χ0n) is 24.1. The summed E-state index contributed by atoms with van der Waals surface area (Å²) < 4.78 is 0. The van der Waals surface area contributed by atoms with Crippen molar-refractivity contribution in [1.82, 2.24) is 4.90 Å². The molecule has 1 fully saturated rings. The Morgan fingerprint density at radius 1 is 1.00 bits per heavy atom. The second kappa shape index (κ2) is 9.95. The number of nitrogens with zero attached hydrogens (tertiary/aromatic N) is 2. The molecule has 3 rings (SSSR count). The third-order valence-corrected chi connectivity index (χ3v) is 7.99. The summed E-state index contributed by atoms with van der Waals surface area (Å²) in [6.45, 7) is 20.1. The molecule has 0 aromatic heterocycles. The Balaban J connectivity index is 2.06. The Bertz CT molecular complexity index is 979. The van der Waals surface area contributed by atoms with E-state index in [0.717, 1.165) is 44.1 Å². The van der Waals surface area contributed by atoms with E-state index in [-0.39, 0.29) is 33.8 Å². The van der Waals surface area contributed by atoms with Gasteiger partial charge in [0, 0.05) is 0 Å². The molecule has 1 amide bonds. The summed E-state index contributed by atoms with van der Waals surface area (Å²) in [6, 6.07) is 7.01. The SMILES string of the molecule is CC(C)(C)CC[C@H](c1ccc(C(=O)O)cc1)N1C(=O)C(CC(C)(C)C)=NC12CCC(C(C)(C)C)CC2. The van der Waals surface area contributed by atoms with E-state index in [1.54, 1.807) is 12.1 Å². The molecule has 1 aliphatic heterocycles. The fourth-order valence-electron chi connectivity index (χ4n) is 5.89. The van der Waals surface area contributed by atoms with Crippen LogP contribution in [0.25, 0.3) is 0 Å². The van der Waals surface area contributed by atoms with Crippen molar-refractivity contribution in [3.05, 3.63) is 35.4 Å². The lowest BCUT2D eigenvalue weighted by atomic mass is 9.69. The first-order valence-electron chi connectivity index (χ1n) is 13.7. The van der Waals surface area contributed by atoms with Crippen molar-refractivity contribution in [1.29, 1.82) is 0 Å². The molecule has 5 nitrogen and oxygen atoms in total. The number of rotatable bonds is 6. The van der Waals surface area contributed by atoms with Crippen molar-refractivity contribution in [2.24, 2.45) is 27.2 Å². The van der Waals surface area contributed by atoms with E-state index in [0.29, 0.717) is 18.1 Å². The smallest absolute Gasteiger partial charge is 0.335 e. The van der Waals surface area contributed by atoms with E-state index in [1.165, 1.54) is 0 Å². The predicted molar refractivity (Wildman–Crippen MR) is 147 cm³/mol. The molecule has 0 unspecified atom stereocenters. The van der Waals surface area contributed by atoms with Crippen LogP contribution in [0.2, 0.25) is 0 Å². The Morgan fingerprint density at radius 2 is 1.56 bits per heavy atom. The highest BCUT2D eigenvalue weighted by molar-refractivity contribution is 6.40. The number of carboxylic acids is 1. The normalized spacial score (nSPS) is 24.2. The summed E-state index contributed by atoms with van der Waals surface area (Å²) >= 11 is 0. The minimum Gasteiger partial charge on any atom is -0.478 e. The number of carboxylic acid groups (broad SMARTS) is 1. The van der Waals surface area contributed by atoms with Crippen LogP contribution in [0.5, 0.6) is 0 Å². The summed E-state index contributed by atoms with van der Waals surface area (Å²) in [5.41, 5.74) is 1.80. The fourth-order valence-corrected chi connectivity index (χ4v) is 5.89. The predicted octanol–water partition coefficient (Wildman–Crippen LogP) is 7.90. The van der Waals surface area contributed by atoms with Gasteiger partial charge in [-0.15, -0.1) is 0 Å². The minimum absolute atomic E-state index is 0.0294. The Labute approximate surface area is 218 Å². The lowest BCUT2D eigenvalue weighted by Gasteiger charge is -2.48. The number of carbonyl (C=O) groups excluding carboxylic acids is 1. The van der Waals surface area contributed by atoms with Crippen LogP contribution in [0, 0.1) is 22.2 Å². The maximum absolute atomic E-state index is 14.2. The number of carbonyl (C=O) groups is 2. The molecule has 1 aromatic carbocycles. The highest BCUT2D eigenvalue weighted by Gasteiger charge is 2.52. The fraction of sp³-hybridized carbons (Fsp3) is 0.710. The van der Waals surface area contributed by atoms with Gasteiger partial charge in [0.15, 0.2) is 0 Å². The highest BCUT2D eigenvalue weighted by atomic mass is 16.4. The van der Waals surface area contributed by atoms with Crippen molar-refractivity contribution in [3.8, 4) is 0 Å².